The molecule has 1 amide bonds. The molecular formula is C16H12N6O3. The van der Waals surface area contributed by atoms with Crippen molar-refractivity contribution in [3.63, 3.8) is 0 Å². The molecular weight excluding hydrogens is 324 g/mol. The third-order valence-electron chi connectivity index (χ3n) is 3.51. The number of amides is 1. The molecule has 9 heteroatoms. The third kappa shape index (κ3) is 3.02. The Balaban J connectivity index is 1.51. The van der Waals surface area contributed by atoms with Crippen LogP contribution in [0.4, 0.5) is 0 Å². The van der Waals surface area contributed by atoms with Gasteiger partial charge in [-0.3, -0.25) is 4.79 Å². The van der Waals surface area contributed by atoms with E-state index in [2.05, 4.69) is 20.6 Å². The summed E-state index contributed by atoms with van der Waals surface area (Å²) in [5, 5.41) is 16.3. The van der Waals surface area contributed by atoms with Gasteiger partial charge in [0.05, 0.1) is 6.26 Å². The molecule has 0 saturated carbocycles. The van der Waals surface area contributed by atoms with E-state index >= 15 is 0 Å². The van der Waals surface area contributed by atoms with Crippen LogP contribution in [0.5, 0.6) is 0 Å². The highest BCUT2D eigenvalue weighted by molar-refractivity contribution is 5.93. The lowest BCUT2D eigenvalue weighted by molar-refractivity contribution is 0.100. The summed E-state index contributed by atoms with van der Waals surface area (Å²) in [6.45, 7) is 0.302. The van der Waals surface area contributed by atoms with Crippen LogP contribution in [-0.2, 0) is 6.54 Å². The highest BCUT2D eigenvalue weighted by atomic mass is 16.5. The summed E-state index contributed by atoms with van der Waals surface area (Å²) < 4.78 is 10.5. The van der Waals surface area contributed by atoms with Crippen molar-refractivity contribution in [1.29, 1.82) is 0 Å². The minimum Gasteiger partial charge on any atom is -0.461 e. The van der Waals surface area contributed by atoms with Gasteiger partial charge in [-0.25, -0.2) is 0 Å². The molecule has 0 spiro atoms. The normalized spacial score (nSPS) is 10.9. The van der Waals surface area contributed by atoms with E-state index in [-0.39, 0.29) is 0 Å². The Kier molecular flexibility index (Phi) is 3.58. The molecule has 0 aliphatic carbocycles. The maximum atomic E-state index is 11.1. The molecule has 124 valence electrons. The topological polar surface area (TPSA) is 126 Å². The van der Waals surface area contributed by atoms with Gasteiger partial charge in [0.1, 0.15) is 12.2 Å². The van der Waals surface area contributed by atoms with E-state index < -0.39 is 5.91 Å². The van der Waals surface area contributed by atoms with Crippen molar-refractivity contribution in [3.05, 3.63) is 60.0 Å². The second-order valence-corrected chi connectivity index (χ2v) is 5.24. The van der Waals surface area contributed by atoms with Crippen LogP contribution in [0.15, 0.2) is 57.7 Å². The minimum absolute atomic E-state index is 0.302. The molecule has 0 aliphatic heterocycles. The Morgan fingerprint density at radius 1 is 1.16 bits per heavy atom. The Morgan fingerprint density at radius 3 is 2.72 bits per heavy atom. The molecule has 2 N–H and O–H groups in total. The number of carbonyl (C=O) groups is 1. The van der Waals surface area contributed by atoms with Crippen molar-refractivity contribution < 1.29 is 13.7 Å². The summed E-state index contributed by atoms with van der Waals surface area (Å²) in [5.41, 5.74) is 7.01. The number of rotatable bonds is 5. The van der Waals surface area contributed by atoms with Crippen LogP contribution in [0.25, 0.3) is 22.9 Å². The lowest BCUT2D eigenvalue weighted by atomic mass is 10.1. The first kappa shape index (κ1) is 14.8. The van der Waals surface area contributed by atoms with Crippen molar-refractivity contribution >= 4 is 5.91 Å². The van der Waals surface area contributed by atoms with E-state index in [1.807, 2.05) is 0 Å². The fourth-order valence-electron chi connectivity index (χ4n) is 2.28. The number of hydrogen-bond donors (Lipinski definition) is 1. The lowest BCUT2D eigenvalue weighted by Gasteiger charge is -1.97. The number of nitrogens with two attached hydrogens (primary N) is 1. The number of furan rings is 1. The van der Waals surface area contributed by atoms with Gasteiger partial charge in [-0.05, 0) is 29.5 Å². The quantitative estimate of drug-likeness (QED) is 0.588. The first-order valence-electron chi connectivity index (χ1n) is 7.36. The zero-order valence-corrected chi connectivity index (χ0v) is 12.9. The van der Waals surface area contributed by atoms with E-state index in [9.17, 15) is 4.79 Å². The number of primary amides is 1. The Labute approximate surface area is 141 Å². The van der Waals surface area contributed by atoms with Gasteiger partial charge in [0, 0.05) is 17.2 Å². The molecule has 0 atom stereocenters. The highest BCUT2D eigenvalue weighted by Gasteiger charge is 2.12. The molecule has 1 aromatic carbocycles. The molecule has 0 radical (unpaired) electrons. The van der Waals surface area contributed by atoms with Gasteiger partial charge in [0.15, 0.2) is 5.76 Å². The number of carbonyl (C=O) groups excluding carboxylic acids is 1. The molecule has 4 aromatic rings. The van der Waals surface area contributed by atoms with Crippen LogP contribution in [0.1, 0.15) is 16.1 Å². The van der Waals surface area contributed by atoms with Crippen LogP contribution in [-0.4, -0.2) is 31.3 Å². The van der Waals surface area contributed by atoms with Gasteiger partial charge in [-0.15, -0.1) is 10.2 Å². The Hall–Kier alpha value is -3.75. The Bertz CT molecular complexity index is 1000. The maximum Gasteiger partial charge on any atom is 0.248 e. The summed E-state index contributed by atoms with van der Waals surface area (Å²) in [7, 11) is 0. The van der Waals surface area contributed by atoms with Crippen molar-refractivity contribution in [2.75, 3.05) is 0 Å². The monoisotopic (exact) mass is 336 g/mol. The van der Waals surface area contributed by atoms with Gasteiger partial charge >= 0.3 is 0 Å². The number of hydrogen-bond acceptors (Lipinski definition) is 7. The largest absolute Gasteiger partial charge is 0.461 e. The van der Waals surface area contributed by atoms with Crippen molar-refractivity contribution in [2.45, 2.75) is 6.54 Å². The molecule has 0 aliphatic rings. The zero-order chi connectivity index (χ0) is 17.2. The van der Waals surface area contributed by atoms with Gasteiger partial charge < -0.3 is 14.7 Å². The van der Waals surface area contributed by atoms with Crippen LogP contribution < -0.4 is 5.73 Å². The third-order valence-corrected chi connectivity index (χ3v) is 3.51. The van der Waals surface area contributed by atoms with E-state index in [1.165, 1.54) is 4.80 Å². The van der Waals surface area contributed by atoms with Gasteiger partial charge in [-0.1, -0.05) is 17.3 Å². The summed E-state index contributed by atoms with van der Waals surface area (Å²) in [4.78, 5) is 12.5. The first-order valence-corrected chi connectivity index (χ1v) is 7.36. The molecule has 0 unspecified atom stereocenters. The molecule has 25 heavy (non-hydrogen) atoms. The number of nitrogens with zero attached hydrogens (tertiary/aromatic N) is 5. The molecule has 0 bridgehead atoms. The Morgan fingerprint density at radius 2 is 2.00 bits per heavy atom. The van der Waals surface area contributed by atoms with E-state index in [0.29, 0.717) is 35.1 Å². The first-order chi connectivity index (χ1) is 12.2. The molecule has 9 nitrogen and oxygen atoms in total. The number of tetrazole rings is 1. The highest BCUT2D eigenvalue weighted by Crippen LogP contribution is 2.21. The van der Waals surface area contributed by atoms with Gasteiger partial charge in [-0.2, -0.15) is 4.80 Å². The standard InChI is InChI=1S/C16H12N6O3/c17-15(23)10-3-5-11(6-4-10)16-18-21-22(19-16)9-12-8-14(25-20-12)13-2-1-7-24-13/h1-8H,9H2,(H2,17,23). The molecule has 0 fully saturated rings. The minimum atomic E-state index is -0.485. The fourth-order valence-corrected chi connectivity index (χ4v) is 2.28. The van der Waals surface area contributed by atoms with E-state index in [4.69, 9.17) is 14.7 Å². The van der Waals surface area contributed by atoms with Gasteiger partial charge in [0.2, 0.25) is 17.5 Å². The summed E-state index contributed by atoms with van der Waals surface area (Å²) in [6, 6.07) is 12.0. The molecule has 3 aromatic heterocycles. The predicted molar refractivity (Wildman–Crippen MR) is 85.1 cm³/mol. The fraction of sp³-hybridized carbons (Fsp3) is 0.0625. The second-order valence-electron chi connectivity index (χ2n) is 5.24. The summed E-state index contributed by atoms with van der Waals surface area (Å²) in [5.74, 6) is 1.08. The molecule has 3 heterocycles. The van der Waals surface area contributed by atoms with E-state index in [0.717, 1.165) is 5.56 Å². The van der Waals surface area contributed by atoms with Crippen molar-refractivity contribution in [2.24, 2.45) is 5.73 Å². The van der Waals surface area contributed by atoms with Crippen molar-refractivity contribution in [3.8, 4) is 22.9 Å². The zero-order valence-electron chi connectivity index (χ0n) is 12.9. The summed E-state index contributed by atoms with van der Waals surface area (Å²) >= 11 is 0. The van der Waals surface area contributed by atoms with Crippen LogP contribution in [0.3, 0.4) is 0 Å². The molecule has 0 saturated heterocycles. The average Bonchev–Trinajstić information content (AvgIpc) is 3.37. The van der Waals surface area contributed by atoms with Crippen molar-refractivity contribution in [1.82, 2.24) is 25.4 Å². The maximum absolute atomic E-state index is 11.1. The van der Waals surface area contributed by atoms with Crippen LogP contribution >= 0.6 is 0 Å². The SMILES string of the molecule is NC(=O)c1ccc(-c2nnn(Cc3cc(-c4ccco4)on3)n2)cc1. The predicted octanol–water partition coefficient (Wildman–Crippen LogP) is 1.74. The van der Waals surface area contributed by atoms with Crippen LogP contribution in [0, 0.1) is 0 Å². The average molecular weight is 336 g/mol. The number of aromatic nitrogens is 5. The summed E-state index contributed by atoms with van der Waals surface area (Å²) in [6.07, 6.45) is 1.56. The second kappa shape index (κ2) is 6.04. The smallest absolute Gasteiger partial charge is 0.248 e. The van der Waals surface area contributed by atoms with Gasteiger partial charge in [0.25, 0.3) is 0 Å². The van der Waals surface area contributed by atoms with E-state index in [1.54, 1.807) is 48.7 Å². The number of benzene rings is 1. The van der Waals surface area contributed by atoms with Crippen LogP contribution in [0.2, 0.25) is 0 Å². The molecule has 4 rings (SSSR count). The lowest BCUT2D eigenvalue weighted by Crippen LogP contribution is -2.10.